The van der Waals surface area contributed by atoms with Crippen molar-refractivity contribution in [2.45, 2.75) is 72.1 Å². The molecule has 0 nitrogen and oxygen atoms in total. The first-order chi connectivity index (χ1) is 12.0. The summed E-state index contributed by atoms with van der Waals surface area (Å²) >= 11 is 0. The van der Waals surface area contributed by atoms with Crippen LogP contribution >= 0.6 is 0 Å². The Morgan fingerprint density at radius 2 is 1.52 bits per heavy atom. The van der Waals surface area contributed by atoms with Crippen LogP contribution in [0.25, 0.3) is 11.1 Å². The van der Waals surface area contributed by atoms with E-state index in [1.54, 1.807) is 11.1 Å². The molecule has 2 aromatic rings. The average molecular weight is 335 g/mol. The molecule has 0 amide bonds. The summed E-state index contributed by atoms with van der Waals surface area (Å²) in [5.74, 6) is 1.50. The lowest BCUT2D eigenvalue weighted by molar-refractivity contribution is 0.303. The van der Waals surface area contributed by atoms with E-state index in [9.17, 15) is 0 Å². The molecule has 0 heterocycles. The van der Waals surface area contributed by atoms with Gasteiger partial charge in [-0.15, -0.1) is 0 Å². The van der Waals surface area contributed by atoms with Crippen LogP contribution in [0.3, 0.4) is 0 Å². The number of hydrogen-bond acceptors (Lipinski definition) is 0. The van der Waals surface area contributed by atoms with Crippen LogP contribution in [-0.2, 0) is 5.41 Å². The van der Waals surface area contributed by atoms with Gasteiger partial charge in [-0.05, 0) is 53.9 Å². The largest absolute Gasteiger partial charge is 0.0654 e. The monoisotopic (exact) mass is 334 g/mol. The summed E-state index contributed by atoms with van der Waals surface area (Å²) in [6.45, 7) is 11.8. The summed E-state index contributed by atoms with van der Waals surface area (Å²) in [5, 5.41) is 0. The van der Waals surface area contributed by atoms with E-state index in [0.717, 1.165) is 11.8 Å². The minimum absolute atomic E-state index is 0.196. The molecule has 0 saturated heterocycles. The highest BCUT2D eigenvalue weighted by atomic mass is 14.5. The molecule has 2 aromatic carbocycles. The third-order valence-corrected chi connectivity index (χ3v) is 6.30. The van der Waals surface area contributed by atoms with Gasteiger partial charge in [-0.25, -0.2) is 0 Å². The molecular weight excluding hydrogens is 300 g/mol. The number of rotatable bonds is 7. The molecule has 0 aromatic heterocycles. The van der Waals surface area contributed by atoms with Gasteiger partial charge in [-0.1, -0.05) is 95.0 Å². The lowest BCUT2D eigenvalue weighted by atomic mass is 9.66. The molecule has 0 bridgehead atoms. The van der Waals surface area contributed by atoms with Gasteiger partial charge < -0.3 is 0 Å². The Hall–Kier alpha value is -1.56. The molecule has 134 valence electrons. The van der Waals surface area contributed by atoms with Crippen LogP contribution in [0.4, 0.5) is 0 Å². The second-order valence-corrected chi connectivity index (χ2v) is 8.49. The highest BCUT2D eigenvalue weighted by molar-refractivity contribution is 5.81. The topological polar surface area (TPSA) is 0 Å². The number of aryl methyl sites for hydroxylation is 1. The number of fused-ring (bicyclic) bond motifs is 3. The van der Waals surface area contributed by atoms with Crippen molar-refractivity contribution >= 4 is 0 Å². The molecule has 3 unspecified atom stereocenters. The van der Waals surface area contributed by atoms with E-state index < -0.39 is 0 Å². The second kappa shape index (κ2) is 7.36. The Balaban J connectivity index is 2.19. The normalized spacial score (nSPS) is 20.8. The summed E-state index contributed by atoms with van der Waals surface area (Å²) in [6, 6.07) is 16.3. The first kappa shape index (κ1) is 18.2. The molecule has 0 radical (unpaired) electrons. The maximum absolute atomic E-state index is 2.48. The SMILES string of the molecule is CCCC(C)CC1(CC(C)CC)c2ccccc2-c2ccc(C)cc21. The molecule has 1 aliphatic carbocycles. The molecule has 0 N–H and O–H groups in total. The zero-order chi connectivity index (χ0) is 18.0. The Labute approximate surface area is 154 Å². The second-order valence-electron chi connectivity index (χ2n) is 8.49. The summed E-state index contributed by atoms with van der Waals surface area (Å²) in [7, 11) is 0. The fourth-order valence-electron chi connectivity index (χ4n) is 5.02. The van der Waals surface area contributed by atoms with E-state index in [-0.39, 0.29) is 5.41 Å². The van der Waals surface area contributed by atoms with Gasteiger partial charge in [0, 0.05) is 5.41 Å². The summed E-state index contributed by atoms with van der Waals surface area (Å²) in [4.78, 5) is 0. The predicted molar refractivity (Wildman–Crippen MR) is 110 cm³/mol. The van der Waals surface area contributed by atoms with Crippen LogP contribution in [0.15, 0.2) is 42.5 Å². The first-order valence-corrected chi connectivity index (χ1v) is 10.2. The van der Waals surface area contributed by atoms with Crippen LogP contribution in [0.5, 0.6) is 0 Å². The number of hydrogen-bond donors (Lipinski definition) is 0. The van der Waals surface area contributed by atoms with Crippen LogP contribution in [0.2, 0.25) is 0 Å². The zero-order valence-electron chi connectivity index (χ0n) is 16.7. The van der Waals surface area contributed by atoms with E-state index in [2.05, 4.69) is 77.1 Å². The minimum atomic E-state index is 0.196. The quantitative estimate of drug-likeness (QED) is 0.491. The predicted octanol–water partition coefficient (Wildman–Crippen LogP) is 7.52. The molecular formula is C25H34. The maximum Gasteiger partial charge on any atom is 0.0220 e. The molecule has 3 atom stereocenters. The fraction of sp³-hybridized carbons (Fsp3) is 0.520. The van der Waals surface area contributed by atoms with Crippen molar-refractivity contribution in [3.63, 3.8) is 0 Å². The van der Waals surface area contributed by atoms with E-state index in [1.807, 2.05) is 0 Å². The first-order valence-electron chi connectivity index (χ1n) is 10.2. The molecule has 0 saturated carbocycles. The highest BCUT2D eigenvalue weighted by Crippen LogP contribution is 2.55. The average Bonchev–Trinajstić information content (AvgIpc) is 2.85. The van der Waals surface area contributed by atoms with Crippen LogP contribution in [-0.4, -0.2) is 0 Å². The van der Waals surface area contributed by atoms with Gasteiger partial charge in [0.2, 0.25) is 0 Å². The van der Waals surface area contributed by atoms with Crippen molar-refractivity contribution in [2.75, 3.05) is 0 Å². The van der Waals surface area contributed by atoms with E-state index in [1.165, 1.54) is 48.8 Å². The lowest BCUT2D eigenvalue weighted by Gasteiger charge is -2.37. The lowest BCUT2D eigenvalue weighted by Crippen LogP contribution is -2.30. The van der Waals surface area contributed by atoms with Gasteiger partial charge in [0.25, 0.3) is 0 Å². The van der Waals surface area contributed by atoms with Gasteiger partial charge >= 0.3 is 0 Å². The number of benzene rings is 2. The Morgan fingerprint density at radius 1 is 0.840 bits per heavy atom. The smallest absolute Gasteiger partial charge is 0.0220 e. The van der Waals surface area contributed by atoms with Crippen LogP contribution < -0.4 is 0 Å². The Bertz CT molecular complexity index is 727. The highest BCUT2D eigenvalue weighted by Gasteiger charge is 2.44. The maximum atomic E-state index is 2.48. The molecule has 0 fully saturated rings. The molecule has 3 rings (SSSR count). The molecule has 1 aliphatic rings. The van der Waals surface area contributed by atoms with Gasteiger partial charge in [0.1, 0.15) is 0 Å². The summed E-state index contributed by atoms with van der Waals surface area (Å²) < 4.78 is 0. The van der Waals surface area contributed by atoms with Gasteiger partial charge in [0.05, 0.1) is 0 Å². The molecule has 0 spiro atoms. The van der Waals surface area contributed by atoms with Crippen molar-refractivity contribution in [1.82, 2.24) is 0 Å². The Morgan fingerprint density at radius 3 is 2.24 bits per heavy atom. The minimum Gasteiger partial charge on any atom is -0.0654 e. The molecule has 25 heavy (non-hydrogen) atoms. The molecule has 0 aliphatic heterocycles. The van der Waals surface area contributed by atoms with Crippen molar-refractivity contribution in [1.29, 1.82) is 0 Å². The van der Waals surface area contributed by atoms with Gasteiger partial charge in [0.15, 0.2) is 0 Å². The fourth-order valence-corrected chi connectivity index (χ4v) is 5.02. The van der Waals surface area contributed by atoms with Crippen LogP contribution in [0.1, 0.15) is 76.5 Å². The summed E-state index contributed by atoms with van der Waals surface area (Å²) in [6.07, 6.45) is 6.41. The Kier molecular flexibility index (Phi) is 5.37. The van der Waals surface area contributed by atoms with Crippen molar-refractivity contribution in [3.8, 4) is 11.1 Å². The third-order valence-electron chi connectivity index (χ3n) is 6.30. The van der Waals surface area contributed by atoms with Gasteiger partial charge in [-0.2, -0.15) is 0 Å². The van der Waals surface area contributed by atoms with E-state index in [4.69, 9.17) is 0 Å². The standard InChI is InChI=1S/C25H34/c1-6-10-20(5)17-25(16-18(3)7-2)23-12-9-8-11-21(23)22-14-13-19(4)15-24(22)25/h8-9,11-15,18,20H,6-7,10,16-17H2,1-5H3. The third kappa shape index (κ3) is 3.28. The van der Waals surface area contributed by atoms with Crippen molar-refractivity contribution in [3.05, 3.63) is 59.2 Å². The van der Waals surface area contributed by atoms with Crippen molar-refractivity contribution in [2.24, 2.45) is 11.8 Å². The van der Waals surface area contributed by atoms with Crippen LogP contribution in [0, 0.1) is 18.8 Å². The van der Waals surface area contributed by atoms with E-state index in [0.29, 0.717) is 0 Å². The molecule has 0 heteroatoms. The summed E-state index contributed by atoms with van der Waals surface area (Å²) in [5.41, 5.74) is 7.72. The zero-order valence-corrected chi connectivity index (χ0v) is 16.7. The van der Waals surface area contributed by atoms with E-state index >= 15 is 0 Å². The van der Waals surface area contributed by atoms with Gasteiger partial charge in [-0.3, -0.25) is 0 Å². The van der Waals surface area contributed by atoms with Crippen molar-refractivity contribution < 1.29 is 0 Å².